The van der Waals surface area contributed by atoms with Crippen molar-refractivity contribution in [3.05, 3.63) is 65.7 Å². The van der Waals surface area contributed by atoms with Gasteiger partial charge in [-0.05, 0) is 36.8 Å². The van der Waals surface area contributed by atoms with Crippen LogP contribution in [0.4, 0.5) is 0 Å². The summed E-state index contributed by atoms with van der Waals surface area (Å²) in [7, 11) is -0.562. The largest absolute Gasteiger partial charge is 0.497 e. The van der Waals surface area contributed by atoms with E-state index in [9.17, 15) is 8.42 Å². The maximum atomic E-state index is 13.1. The minimum absolute atomic E-state index is 0.177. The van der Waals surface area contributed by atoms with E-state index in [1.165, 1.54) is 4.31 Å². The lowest BCUT2D eigenvalue weighted by atomic mass is 10.2. The highest BCUT2D eigenvalue weighted by Gasteiger charge is 2.24. The highest BCUT2D eigenvalue weighted by atomic mass is 35.5. The normalized spacial score (nSPS) is 11.9. The second-order valence-corrected chi connectivity index (χ2v) is 8.20. The van der Waals surface area contributed by atoms with Crippen molar-refractivity contribution >= 4 is 21.6 Å². The van der Waals surface area contributed by atoms with Crippen molar-refractivity contribution in [1.82, 2.24) is 4.31 Å². The summed E-state index contributed by atoms with van der Waals surface area (Å²) in [5.41, 5.74) is 1.77. The molecule has 7 heteroatoms. The summed E-state index contributed by atoms with van der Waals surface area (Å²) in [6.07, 6.45) is 3.47. The van der Waals surface area contributed by atoms with Crippen LogP contribution in [0.3, 0.4) is 0 Å². The standard InChI is InChI=1S/C20H24ClNO4S/c1-16-6-8-20(9-7-16)27(23,24)22(11-5-4-10-21)15-17-12-18(25-2)14-19(13-17)26-3/h4-9,12-14H,10-11,15H2,1-3H3/b5-4+. The summed E-state index contributed by atoms with van der Waals surface area (Å²) in [5, 5.41) is 0. The maximum absolute atomic E-state index is 13.1. The molecule has 0 bridgehead atoms. The summed E-state index contributed by atoms with van der Waals surface area (Å²) >= 11 is 5.69. The molecule has 0 radical (unpaired) electrons. The molecule has 0 saturated heterocycles. The molecule has 2 rings (SSSR count). The van der Waals surface area contributed by atoms with E-state index in [0.717, 1.165) is 11.1 Å². The van der Waals surface area contributed by atoms with Gasteiger partial charge in [-0.1, -0.05) is 29.8 Å². The van der Waals surface area contributed by atoms with Crippen molar-refractivity contribution < 1.29 is 17.9 Å². The van der Waals surface area contributed by atoms with Crippen LogP contribution in [0.15, 0.2) is 59.5 Å². The van der Waals surface area contributed by atoms with E-state index >= 15 is 0 Å². The highest BCUT2D eigenvalue weighted by molar-refractivity contribution is 7.89. The fourth-order valence-corrected chi connectivity index (χ4v) is 4.03. The van der Waals surface area contributed by atoms with Crippen molar-refractivity contribution in [2.75, 3.05) is 26.6 Å². The Labute approximate surface area is 166 Å². The van der Waals surface area contributed by atoms with Crippen molar-refractivity contribution in [3.63, 3.8) is 0 Å². The Morgan fingerprint density at radius 3 is 2.11 bits per heavy atom. The van der Waals surface area contributed by atoms with Gasteiger partial charge in [0.25, 0.3) is 0 Å². The van der Waals surface area contributed by atoms with Gasteiger partial charge in [0.1, 0.15) is 11.5 Å². The molecule has 2 aromatic rings. The Bertz CT molecular complexity index is 857. The molecule has 27 heavy (non-hydrogen) atoms. The van der Waals surface area contributed by atoms with E-state index in [-0.39, 0.29) is 18.0 Å². The van der Waals surface area contributed by atoms with Gasteiger partial charge in [0, 0.05) is 25.0 Å². The van der Waals surface area contributed by atoms with Crippen LogP contribution in [-0.4, -0.2) is 39.4 Å². The number of allylic oxidation sites excluding steroid dienone is 1. The van der Waals surface area contributed by atoms with Gasteiger partial charge in [0.05, 0.1) is 19.1 Å². The smallest absolute Gasteiger partial charge is 0.243 e. The molecule has 146 valence electrons. The van der Waals surface area contributed by atoms with E-state index in [4.69, 9.17) is 21.1 Å². The lowest BCUT2D eigenvalue weighted by Crippen LogP contribution is -2.31. The van der Waals surface area contributed by atoms with Crippen LogP contribution in [0.5, 0.6) is 11.5 Å². The van der Waals surface area contributed by atoms with Crippen LogP contribution in [0, 0.1) is 6.92 Å². The first kappa shape index (κ1) is 21.3. The van der Waals surface area contributed by atoms with Crippen molar-refractivity contribution in [3.8, 4) is 11.5 Å². The average molecular weight is 410 g/mol. The third-order valence-electron chi connectivity index (χ3n) is 3.99. The topological polar surface area (TPSA) is 55.8 Å². The van der Waals surface area contributed by atoms with Crippen LogP contribution in [0.2, 0.25) is 0 Å². The number of benzene rings is 2. The van der Waals surface area contributed by atoms with Gasteiger partial charge >= 0.3 is 0 Å². The lowest BCUT2D eigenvalue weighted by molar-refractivity contribution is 0.389. The number of sulfonamides is 1. The SMILES string of the molecule is COc1cc(CN(C/C=C/CCl)S(=O)(=O)c2ccc(C)cc2)cc(OC)c1. The number of ether oxygens (including phenoxy) is 2. The molecule has 0 heterocycles. The molecule has 0 aliphatic carbocycles. The highest BCUT2D eigenvalue weighted by Crippen LogP contribution is 2.25. The number of hydrogen-bond donors (Lipinski definition) is 0. The molecule has 2 aromatic carbocycles. The fourth-order valence-electron chi connectivity index (χ4n) is 2.52. The fraction of sp³-hybridized carbons (Fsp3) is 0.300. The predicted molar refractivity (Wildman–Crippen MR) is 108 cm³/mol. The van der Waals surface area contributed by atoms with Crippen LogP contribution >= 0.6 is 11.6 Å². The molecular weight excluding hydrogens is 386 g/mol. The summed E-state index contributed by atoms with van der Waals surface area (Å²) in [6, 6.07) is 12.2. The van der Waals surface area contributed by atoms with Crippen molar-refractivity contribution in [2.45, 2.75) is 18.4 Å². The molecular formula is C20H24ClNO4S. The number of rotatable bonds is 9. The van der Waals surface area contributed by atoms with Crippen LogP contribution in [0.25, 0.3) is 0 Å². The Kier molecular flexibility index (Phi) is 7.71. The summed E-state index contributed by atoms with van der Waals surface area (Å²) in [5.74, 6) is 1.53. The van der Waals surface area contributed by atoms with Gasteiger partial charge in [-0.2, -0.15) is 4.31 Å². The number of halogens is 1. The molecule has 0 spiro atoms. The molecule has 0 N–H and O–H groups in total. The van der Waals surface area contributed by atoms with E-state index in [1.807, 2.05) is 6.92 Å². The van der Waals surface area contributed by atoms with Gasteiger partial charge in [-0.3, -0.25) is 0 Å². The molecule has 0 unspecified atom stereocenters. The predicted octanol–water partition coefficient (Wildman–Crippen LogP) is 4.00. The minimum atomic E-state index is -3.68. The first-order valence-corrected chi connectivity index (χ1v) is 10.4. The number of methoxy groups -OCH3 is 2. The zero-order chi connectivity index (χ0) is 19.9. The molecule has 0 aromatic heterocycles. The quantitative estimate of drug-likeness (QED) is 0.464. The van der Waals surface area contributed by atoms with Crippen LogP contribution < -0.4 is 9.47 Å². The molecule has 0 aliphatic heterocycles. The minimum Gasteiger partial charge on any atom is -0.497 e. The maximum Gasteiger partial charge on any atom is 0.243 e. The Hall–Kier alpha value is -2.02. The van der Waals surface area contributed by atoms with E-state index in [0.29, 0.717) is 17.4 Å². The van der Waals surface area contributed by atoms with Gasteiger partial charge in [-0.25, -0.2) is 8.42 Å². The second-order valence-electron chi connectivity index (χ2n) is 5.96. The number of hydrogen-bond acceptors (Lipinski definition) is 4. The first-order chi connectivity index (χ1) is 12.9. The molecule has 0 atom stereocenters. The van der Waals surface area contributed by atoms with Crippen molar-refractivity contribution in [1.29, 1.82) is 0 Å². The van der Waals surface area contributed by atoms with Gasteiger partial charge in [0.15, 0.2) is 0 Å². The van der Waals surface area contributed by atoms with Crippen LogP contribution in [-0.2, 0) is 16.6 Å². The van der Waals surface area contributed by atoms with Crippen LogP contribution in [0.1, 0.15) is 11.1 Å². The Balaban J connectivity index is 2.39. The van der Waals surface area contributed by atoms with Gasteiger partial charge in [-0.15, -0.1) is 11.6 Å². The lowest BCUT2D eigenvalue weighted by Gasteiger charge is -2.22. The first-order valence-electron chi connectivity index (χ1n) is 8.40. The summed E-state index contributed by atoms with van der Waals surface area (Å²) in [6.45, 7) is 2.30. The molecule has 5 nitrogen and oxygen atoms in total. The third kappa shape index (κ3) is 5.73. The van der Waals surface area contributed by atoms with E-state index in [2.05, 4.69) is 0 Å². The third-order valence-corrected chi connectivity index (χ3v) is 6.00. The van der Waals surface area contributed by atoms with E-state index in [1.54, 1.807) is 68.8 Å². The number of aryl methyl sites for hydroxylation is 1. The average Bonchev–Trinajstić information content (AvgIpc) is 2.67. The number of alkyl halides is 1. The summed E-state index contributed by atoms with van der Waals surface area (Å²) in [4.78, 5) is 0.252. The molecule has 0 aliphatic rings. The zero-order valence-corrected chi connectivity index (χ0v) is 17.3. The van der Waals surface area contributed by atoms with Gasteiger partial charge in [0.2, 0.25) is 10.0 Å². The second kappa shape index (κ2) is 9.78. The molecule has 0 saturated carbocycles. The molecule has 0 fully saturated rings. The monoisotopic (exact) mass is 409 g/mol. The van der Waals surface area contributed by atoms with E-state index < -0.39 is 10.0 Å². The summed E-state index contributed by atoms with van der Waals surface area (Å²) < 4.78 is 38.3. The Morgan fingerprint density at radius 1 is 1.00 bits per heavy atom. The number of nitrogens with zero attached hydrogens (tertiary/aromatic N) is 1. The zero-order valence-electron chi connectivity index (χ0n) is 15.7. The van der Waals surface area contributed by atoms with Crippen molar-refractivity contribution in [2.24, 2.45) is 0 Å². The Morgan fingerprint density at radius 2 is 1.59 bits per heavy atom. The van der Waals surface area contributed by atoms with Gasteiger partial charge < -0.3 is 9.47 Å². The molecule has 0 amide bonds.